The number of rotatable bonds is 5. The Morgan fingerprint density at radius 2 is 2.11 bits per heavy atom. The number of aromatic nitrogens is 3. The van der Waals surface area contributed by atoms with Crippen LogP contribution in [0.5, 0.6) is 0 Å². The number of nitrogens with zero attached hydrogens (tertiary/aromatic N) is 3. The van der Waals surface area contributed by atoms with Crippen molar-refractivity contribution < 1.29 is 14.7 Å². The van der Waals surface area contributed by atoms with E-state index >= 15 is 0 Å². The molecule has 3 aromatic heterocycles. The van der Waals surface area contributed by atoms with Gasteiger partial charge < -0.3 is 15.7 Å². The number of carbonyl (C=O) groups is 2. The first kappa shape index (κ1) is 18.6. The van der Waals surface area contributed by atoms with Crippen LogP contribution in [0.2, 0.25) is 0 Å². The van der Waals surface area contributed by atoms with Gasteiger partial charge in [0.2, 0.25) is 0 Å². The lowest BCUT2D eigenvalue weighted by Gasteiger charge is -2.12. The molecule has 0 fully saturated rings. The number of aliphatic hydroxyl groups is 1. The van der Waals surface area contributed by atoms with E-state index in [0.717, 1.165) is 36.8 Å². The number of thiophene rings is 1. The highest BCUT2D eigenvalue weighted by molar-refractivity contribution is 7.17. The van der Waals surface area contributed by atoms with Crippen molar-refractivity contribution in [1.29, 1.82) is 0 Å². The minimum absolute atomic E-state index is 0.0209. The summed E-state index contributed by atoms with van der Waals surface area (Å²) in [5, 5.41) is 19.5. The van der Waals surface area contributed by atoms with Crippen molar-refractivity contribution in [3.8, 4) is 0 Å². The molecule has 0 unspecified atom stereocenters. The Kier molecular flexibility index (Phi) is 5.10. The summed E-state index contributed by atoms with van der Waals surface area (Å²) in [6, 6.07) is 1.60. The number of anilines is 1. The number of aliphatic hydroxyl groups excluding tert-OH is 1. The fourth-order valence-corrected chi connectivity index (χ4v) is 4.75. The van der Waals surface area contributed by atoms with Gasteiger partial charge in [-0.15, -0.1) is 11.3 Å². The van der Waals surface area contributed by atoms with E-state index in [2.05, 4.69) is 20.7 Å². The van der Waals surface area contributed by atoms with Crippen molar-refractivity contribution in [2.45, 2.75) is 32.1 Å². The van der Waals surface area contributed by atoms with Gasteiger partial charge in [-0.2, -0.15) is 5.10 Å². The third kappa shape index (κ3) is 3.38. The number of fused-ring (bicyclic) bond motifs is 2. The zero-order valence-electron chi connectivity index (χ0n) is 15.5. The van der Waals surface area contributed by atoms with Crippen LogP contribution < -0.4 is 10.6 Å². The lowest BCUT2D eigenvalue weighted by molar-refractivity contribution is 0.0963. The normalized spacial score (nSPS) is 13.4. The topological polar surface area (TPSA) is 109 Å². The number of hydrogen-bond acceptors (Lipinski definition) is 6. The molecular weight excluding hydrogens is 378 g/mol. The lowest BCUT2D eigenvalue weighted by atomic mass is 9.95. The standard InChI is InChI=1S/C19H21N5O3S/c1-20-18(27)16-12-4-2-3-5-14(12)28-19(16)22-17(26)13-8-15-21-9-11(6-7-25)10-24(15)23-13/h8-10,25H,2-7H2,1H3,(H,20,27)(H,22,26). The molecule has 0 saturated heterocycles. The predicted molar refractivity (Wildman–Crippen MR) is 106 cm³/mol. The molecule has 1 aliphatic rings. The molecule has 0 saturated carbocycles. The Morgan fingerprint density at radius 1 is 1.29 bits per heavy atom. The van der Waals surface area contributed by atoms with E-state index in [1.807, 2.05) is 0 Å². The van der Waals surface area contributed by atoms with E-state index in [9.17, 15) is 9.59 Å². The van der Waals surface area contributed by atoms with Gasteiger partial charge in [-0.25, -0.2) is 9.50 Å². The van der Waals surface area contributed by atoms with Gasteiger partial charge >= 0.3 is 0 Å². The average molecular weight is 399 g/mol. The minimum atomic E-state index is -0.377. The monoisotopic (exact) mass is 399 g/mol. The molecular formula is C19H21N5O3S. The van der Waals surface area contributed by atoms with Crippen LogP contribution >= 0.6 is 11.3 Å². The second-order valence-electron chi connectivity index (χ2n) is 6.72. The first-order chi connectivity index (χ1) is 13.6. The van der Waals surface area contributed by atoms with E-state index in [0.29, 0.717) is 22.6 Å². The summed E-state index contributed by atoms with van der Waals surface area (Å²) >= 11 is 1.47. The van der Waals surface area contributed by atoms with Gasteiger partial charge in [0.15, 0.2) is 11.3 Å². The molecule has 8 nitrogen and oxygen atoms in total. The van der Waals surface area contributed by atoms with Crippen LogP contribution in [-0.4, -0.2) is 45.2 Å². The van der Waals surface area contributed by atoms with Gasteiger partial charge in [0.25, 0.3) is 11.8 Å². The second kappa shape index (κ2) is 7.69. The fourth-order valence-electron chi connectivity index (χ4n) is 3.47. The second-order valence-corrected chi connectivity index (χ2v) is 7.82. The fraction of sp³-hybridized carbons (Fsp3) is 0.368. The van der Waals surface area contributed by atoms with E-state index in [1.165, 1.54) is 20.7 Å². The number of nitrogens with one attached hydrogen (secondary N) is 2. The summed E-state index contributed by atoms with van der Waals surface area (Å²) in [4.78, 5) is 30.7. The van der Waals surface area contributed by atoms with Crippen LogP contribution in [0, 0.1) is 0 Å². The molecule has 0 spiro atoms. The van der Waals surface area contributed by atoms with Gasteiger partial charge in [-0.05, 0) is 43.2 Å². The predicted octanol–water partition coefficient (Wildman–Crippen LogP) is 1.82. The van der Waals surface area contributed by atoms with Crippen molar-refractivity contribution in [2.24, 2.45) is 0 Å². The lowest BCUT2D eigenvalue weighted by Crippen LogP contribution is -2.22. The number of hydrogen-bond donors (Lipinski definition) is 3. The molecule has 0 aliphatic heterocycles. The van der Waals surface area contributed by atoms with Crippen molar-refractivity contribution in [3.63, 3.8) is 0 Å². The minimum Gasteiger partial charge on any atom is -0.396 e. The van der Waals surface area contributed by atoms with Crippen molar-refractivity contribution >= 4 is 33.8 Å². The van der Waals surface area contributed by atoms with Crippen LogP contribution in [-0.2, 0) is 19.3 Å². The van der Waals surface area contributed by atoms with E-state index in [-0.39, 0.29) is 24.1 Å². The highest BCUT2D eigenvalue weighted by atomic mass is 32.1. The molecule has 9 heteroatoms. The highest BCUT2D eigenvalue weighted by Gasteiger charge is 2.26. The maximum atomic E-state index is 12.8. The summed E-state index contributed by atoms with van der Waals surface area (Å²) in [7, 11) is 1.60. The molecule has 3 N–H and O–H groups in total. The van der Waals surface area contributed by atoms with E-state index in [1.54, 1.807) is 25.5 Å². The summed E-state index contributed by atoms with van der Waals surface area (Å²) in [5.41, 5.74) is 3.23. The Hall–Kier alpha value is -2.78. The van der Waals surface area contributed by atoms with Gasteiger partial charge in [-0.3, -0.25) is 9.59 Å². The molecule has 28 heavy (non-hydrogen) atoms. The smallest absolute Gasteiger partial charge is 0.276 e. The summed E-state index contributed by atoms with van der Waals surface area (Å²) < 4.78 is 1.53. The van der Waals surface area contributed by atoms with Crippen molar-refractivity contribution in [2.75, 3.05) is 19.0 Å². The van der Waals surface area contributed by atoms with Gasteiger partial charge in [0.05, 0.1) is 5.56 Å². The van der Waals surface area contributed by atoms with Crippen molar-refractivity contribution in [3.05, 3.63) is 45.7 Å². The van der Waals surface area contributed by atoms with Crippen LogP contribution in [0.3, 0.4) is 0 Å². The van der Waals surface area contributed by atoms with E-state index in [4.69, 9.17) is 5.11 Å². The highest BCUT2D eigenvalue weighted by Crippen LogP contribution is 2.38. The third-order valence-corrected chi connectivity index (χ3v) is 6.06. The molecule has 0 radical (unpaired) electrons. The maximum Gasteiger partial charge on any atom is 0.276 e. The molecule has 0 bridgehead atoms. The first-order valence-electron chi connectivity index (χ1n) is 9.24. The Balaban J connectivity index is 1.64. The largest absolute Gasteiger partial charge is 0.396 e. The first-order valence-corrected chi connectivity index (χ1v) is 10.1. The van der Waals surface area contributed by atoms with Gasteiger partial charge in [0, 0.05) is 37.0 Å². The Labute approximate surface area is 165 Å². The molecule has 3 heterocycles. The van der Waals surface area contributed by atoms with Crippen molar-refractivity contribution in [1.82, 2.24) is 19.9 Å². The zero-order valence-corrected chi connectivity index (χ0v) is 16.3. The molecule has 0 atom stereocenters. The molecule has 4 rings (SSSR count). The van der Waals surface area contributed by atoms with Gasteiger partial charge in [-0.1, -0.05) is 0 Å². The Morgan fingerprint density at radius 3 is 2.89 bits per heavy atom. The molecule has 146 valence electrons. The number of carbonyl (C=O) groups excluding carboxylic acids is 2. The summed E-state index contributed by atoms with van der Waals surface area (Å²) in [6.07, 6.45) is 7.82. The number of amides is 2. The quantitative estimate of drug-likeness (QED) is 0.606. The molecule has 1 aliphatic carbocycles. The van der Waals surface area contributed by atoms with Gasteiger partial charge in [0.1, 0.15) is 5.00 Å². The third-order valence-electron chi connectivity index (χ3n) is 4.85. The molecule has 3 aromatic rings. The molecule has 2 amide bonds. The van der Waals surface area contributed by atoms with Crippen LogP contribution in [0.1, 0.15) is 49.7 Å². The average Bonchev–Trinajstić information content (AvgIpc) is 3.28. The molecule has 0 aromatic carbocycles. The van der Waals surface area contributed by atoms with Crippen LogP contribution in [0.25, 0.3) is 5.65 Å². The SMILES string of the molecule is CNC(=O)c1c(NC(=O)c2cc3ncc(CCO)cn3n2)sc2c1CCCC2. The van der Waals surface area contributed by atoms with Crippen LogP contribution in [0.4, 0.5) is 5.00 Å². The Bertz CT molecular complexity index is 1060. The zero-order chi connectivity index (χ0) is 19.7. The van der Waals surface area contributed by atoms with Crippen LogP contribution in [0.15, 0.2) is 18.5 Å². The summed E-state index contributed by atoms with van der Waals surface area (Å²) in [5.74, 6) is -0.557. The van der Waals surface area contributed by atoms with E-state index < -0.39 is 0 Å². The maximum absolute atomic E-state index is 12.8. The number of aryl methyl sites for hydroxylation is 1. The summed E-state index contributed by atoms with van der Waals surface area (Å²) in [6.45, 7) is 0.0209.